The van der Waals surface area contributed by atoms with Gasteiger partial charge in [-0.15, -0.1) is 0 Å². The summed E-state index contributed by atoms with van der Waals surface area (Å²) in [6.45, 7) is 4.24. The number of aliphatic imine (C=N–C) groups is 1. The standard InChI is InChI=1S/C14H19NO2/c1-15-8-7-11-9-10-5-4-6-12(10)14(17-3)13(11)16-2/h9H,1,4-8H2,2-3H3. The molecule has 3 nitrogen and oxygen atoms in total. The molecule has 0 atom stereocenters. The molecule has 1 aliphatic carbocycles. The first-order valence-corrected chi connectivity index (χ1v) is 6.00. The Labute approximate surface area is 102 Å². The summed E-state index contributed by atoms with van der Waals surface area (Å²) >= 11 is 0. The minimum Gasteiger partial charge on any atom is -0.493 e. The maximum absolute atomic E-state index is 5.53. The Morgan fingerprint density at radius 2 is 2.00 bits per heavy atom. The van der Waals surface area contributed by atoms with E-state index in [0.717, 1.165) is 37.3 Å². The summed E-state index contributed by atoms with van der Waals surface area (Å²) in [4.78, 5) is 3.91. The van der Waals surface area contributed by atoms with Crippen LogP contribution in [0.15, 0.2) is 11.1 Å². The Kier molecular flexibility index (Phi) is 3.67. The highest BCUT2D eigenvalue weighted by molar-refractivity contribution is 5.57. The molecule has 0 spiro atoms. The van der Waals surface area contributed by atoms with Crippen LogP contribution < -0.4 is 9.47 Å². The van der Waals surface area contributed by atoms with Crippen molar-refractivity contribution in [3.05, 3.63) is 22.8 Å². The second-order valence-electron chi connectivity index (χ2n) is 4.29. The van der Waals surface area contributed by atoms with Gasteiger partial charge in [0.15, 0.2) is 11.5 Å². The Morgan fingerprint density at radius 3 is 2.65 bits per heavy atom. The number of aryl methyl sites for hydroxylation is 1. The number of hydrogen-bond donors (Lipinski definition) is 0. The van der Waals surface area contributed by atoms with Crippen molar-refractivity contribution in [3.63, 3.8) is 0 Å². The lowest BCUT2D eigenvalue weighted by molar-refractivity contribution is 0.349. The van der Waals surface area contributed by atoms with Gasteiger partial charge in [-0.25, -0.2) is 0 Å². The molecule has 1 aromatic carbocycles. The summed E-state index contributed by atoms with van der Waals surface area (Å²) in [6, 6.07) is 2.24. The highest BCUT2D eigenvalue weighted by Gasteiger charge is 2.22. The van der Waals surface area contributed by atoms with Crippen molar-refractivity contribution < 1.29 is 9.47 Å². The van der Waals surface area contributed by atoms with Crippen LogP contribution in [0.1, 0.15) is 23.1 Å². The van der Waals surface area contributed by atoms with Crippen LogP contribution in [0, 0.1) is 0 Å². The molecule has 0 bridgehead atoms. The predicted octanol–water partition coefficient (Wildman–Crippen LogP) is 2.44. The van der Waals surface area contributed by atoms with Crippen LogP contribution in [0.5, 0.6) is 11.5 Å². The minimum atomic E-state index is 0.721. The molecule has 0 saturated carbocycles. The highest BCUT2D eigenvalue weighted by atomic mass is 16.5. The molecule has 92 valence electrons. The van der Waals surface area contributed by atoms with Crippen molar-refractivity contribution in [2.24, 2.45) is 4.99 Å². The number of ether oxygens (including phenoxy) is 2. The average molecular weight is 233 g/mol. The first-order chi connectivity index (χ1) is 8.31. The lowest BCUT2D eigenvalue weighted by Crippen LogP contribution is -2.02. The number of fused-ring (bicyclic) bond motifs is 1. The fourth-order valence-corrected chi connectivity index (χ4v) is 2.57. The van der Waals surface area contributed by atoms with Crippen molar-refractivity contribution in [2.45, 2.75) is 25.7 Å². The van der Waals surface area contributed by atoms with Gasteiger partial charge in [-0.1, -0.05) is 6.07 Å². The van der Waals surface area contributed by atoms with E-state index in [4.69, 9.17) is 9.47 Å². The molecule has 17 heavy (non-hydrogen) atoms. The van der Waals surface area contributed by atoms with E-state index in [-0.39, 0.29) is 0 Å². The van der Waals surface area contributed by atoms with Gasteiger partial charge in [-0.2, -0.15) is 0 Å². The van der Waals surface area contributed by atoms with Gasteiger partial charge in [-0.05, 0) is 38.0 Å². The molecule has 3 heteroatoms. The van der Waals surface area contributed by atoms with Gasteiger partial charge >= 0.3 is 0 Å². The molecular weight excluding hydrogens is 214 g/mol. The number of hydrogen-bond acceptors (Lipinski definition) is 3. The molecule has 0 heterocycles. The number of benzene rings is 1. The van der Waals surface area contributed by atoms with Crippen LogP contribution in [-0.2, 0) is 19.3 Å². The van der Waals surface area contributed by atoms with E-state index in [1.54, 1.807) is 14.2 Å². The summed E-state index contributed by atoms with van der Waals surface area (Å²) in [7, 11) is 3.41. The van der Waals surface area contributed by atoms with Gasteiger partial charge in [-0.3, -0.25) is 0 Å². The topological polar surface area (TPSA) is 30.8 Å². The van der Waals surface area contributed by atoms with Crippen LogP contribution in [-0.4, -0.2) is 27.5 Å². The lowest BCUT2D eigenvalue weighted by atomic mass is 10.0. The Hall–Kier alpha value is -1.51. The first-order valence-electron chi connectivity index (χ1n) is 6.00. The summed E-state index contributed by atoms with van der Waals surface area (Å²) in [6.07, 6.45) is 4.30. The van der Waals surface area contributed by atoms with E-state index >= 15 is 0 Å². The monoisotopic (exact) mass is 233 g/mol. The lowest BCUT2D eigenvalue weighted by Gasteiger charge is -2.16. The average Bonchev–Trinajstić information content (AvgIpc) is 2.81. The normalized spacial score (nSPS) is 13.3. The van der Waals surface area contributed by atoms with Crippen molar-refractivity contribution in [1.29, 1.82) is 0 Å². The zero-order valence-corrected chi connectivity index (χ0v) is 10.6. The summed E-state index contributed by atoms with van der Waals surface area (Å²) < 4.78 is 11.0. The smallest absolute Gasteiger partial charge is 0.164 e. The molecule has 0 fully saturated rings. The quantitative estimate of drug-likeness (QED) is 0.731. The van der Waals surface area contributed by atoms with Crippen molar-refractivity contribution in [3.8, 4) is 11.5 Å². The van der Waals surface area contributed by atoms with E-state index < -0.39 is 0 Å². The van der Waals surface area contributed by atoms with Crippen LogP contribution >= 0.6 is 0 Å². The zero-order valence-electron chi connectivity index (χ0n) is 10.6. The zero-order chi connectivity index (χ0) is 12.3. The molecule has 1 aromatic rings. The fourth-order valence-electron chi connectivity index (χ4n) is 2.57. The largest absolute Gasteiger partial charge is 0.493 e. The van der Waals surface area contributed by atoms with Gasteiger partial charge in [0.2, 0.25) is 0 Å². The Balaban J connectivity index is 2.47. The van der Waals surface area contributed by atoms with Crippen molar-refractivity contribution in [1.82, 2.24) is 0 Å². The second-order valence-corrected chi connectivity index (χ2v) is 4.29. The Morgan fingerprint density at radius 1 is 1.24 bits per heavy atom. The maximum atomic E-state index is 5.53. The summed E-state index contributed by atoms with van der Waals surface area (Å²) in [5, 5.41) is 0. The molecule has 0 amide bonds. The number of rotatable bonds is 5. The number of methoxy groups -OCH3 is 2. The third-order valence-corrected chi connectivity index (χ3v) is 3.33. The molecule has 1 aliphatic rings. The Bertz CT molecular complexity index is 427. The van der Waals surface area contributed by atoms with Gasteiger partial charge in [0.05, 0.1) is 14.2 Å². The van der Waals surface area contributed by atoms with Gasteiger partial charge in [0.25, 0.3) is 0 Å². The third-order valence-electron chi connectivity index (χ3n) is 3.33. The fraction of sp³-hybridized carbons (Fsp3) is 0.500. The maximum Gasteiger partial charge on any atom is 0.164 e. The van der Waals surface area contributed by atoms with Gasteiger partial charge in [0.1, 0.15) is 0 Å². The second kappa shape index (κ2) is 5.21. The molecule has 0 unspecified atom stereocenters. The van der Waals surface area contributed by atoms with Gasteiger partial charge in [0, 0.05) is 17.7 Å². The van der Waals surface area contributed by atoms with Crippen molar-refractivity contribution in [2.75, 3.05) is 20.8 Å². The molecule has 2 rings (SSSR count). The molecule has 0 saturated heterocycles. The minimum absolute atomic E-state index is 0.721. The summed E-state index contributed by atoms with van der Waals surface area (Å²) in [5.74, 6) is 1.79. The summed E-state index contributed by atoms with van der Waals surface area (Å²) in [5.41, 5.74) is 3.90. The van der Waals surface area contributed by atoms with Crippen LogP contribution in [0.2, 0.25) is 0 Å². The first kappa shape index (κ1) is 12.0. The van der Waals surface area contributed by atoms with Crippen LogP contribution in [0.3, 0.4) is 0 Å². The molecule has 0 aliphatic heterocycles. The molecule has 0 radical (unpaired) electrons. The predicted molar refractivity (Wildman–Crippen MR) is 69.7 cm³/mol. The SMILES string of the molecule is C=NCCc1cc2c(c(OC)c1OC)CCC2. The van der Waals surface area contributed by atoms with E-state index in [9.17, 15) is 0 Å². The number of nitrogens with zero attached hydrogens (tertiary/aromatic N) is 1. The third kappa shape index (κ3) is 2.14. The van der Waals surface area contributed by atoms with Crippen LogP contribution in [0.25, 0.3) is 0 Å². The molecular formula is C14H19NO2. The van der Waals surface area contributed by atoms with Crippen LogP contribution in [0.4, 0.5) is 0 Å². The highest BCUT2D eigenvalue weighted by Crippen LogP contribution is 2.41. The van der Waals surface area contributed by atoms with E-state index in [1.807, 2.05) is 0 Å². The van der Waals surface area contributed by atoms with Gasteiger partial charge < -0.3 is 14.5 Å². The van der Waals surface area contributed by atoms with E-state index in [2.05, 4.69) is 17.8 Å². The molecule has 0 aromatic heterocycles. The van der Waals surface area contributed by atoms with Crippen molar-refractivity contribution >= 4 is 6.72 Å². The van der Waals surface area contributed by atoms with E-state index in [1.165, 1.54) is 23.1 Å². The van der Waals surface area contributed by atoms with E-state index in [0.29, 0.717) is 0 Å². The molecule has 0 N–H and O–H groups in total.